The molecule has 13 heavy (non-hydrogen) atoms. The van der Waals surface area contributed by atoms with Crippen molar-refractivity contribution >= 4 is 11.6 Å². The fraction of sp³-hybridized carbons (Fsp3) is 0.667. The fourth-order valence-electron chi connectivity index (χ4n) is 1.18. The number of halogens is 1. The summed E-state index contributed by atoms with van der Waals surface area (Å²) in [7, 11) is 1.86. The molecular formula is C9H16ClN3. The highest BCUT2D eigenvalue weighted by Crippen LogP contribution is 2.18. The first-order valence-electron chi connectivity index (χ1n) is 4.43. The second kappa shape index (κ2) is 4.11. The van der Waals surface area contributed by atoms with Crippen molar-refractivity contribution in [2.24, 2.45) is 7.05 Å². The van der Waals surface area contributed by atoms with Crippen LogP contribution in [0.1, 0.15) is 25.1 Å². The van der Waals surface area contributed by atoms with Crippen LogP contribution in [0.5, 0.6) is 0 Å². The standard InChI is InChI=1S/C9H16ClN3/c1-6(2)11-5-8-7(3)12-13(4)9(8)10/h6,11H,5H2,1-4H3. The van der Waals surface area contributed by atoms with Crippen molar-refractivity contribution in [3.05, 3.63) is 16.4 Å². The summed E-state index contributed by atoms with van der Waals surface area (Å²) in [5.41, 5.74) is 2.10. The van der Waals surface area contributed by atoms with E-state index in [0.29, 0.717) is 6.04 Å². The maximum atomic E-state index is 6.06. The summed E-state index contributed by atoms with van der Waals surface area (Å²) in [5, 5.41) is 8.28. The quantitative estimate of drug-likeness (QED) is 0.810. The van der Waals surface area contributed by atoms with E-state index in [-0.39, 0.29) is 0 Å². The maximum absolute atomic E-state index is 6.06. The van der Waals surface area contributed by atoms with Crippen LogP contribution in [-0.2, 0) is 13.6 Å². The van der Waals surface area contributed by atoms with Crippen LogP contribution in [0, 0.1) is 6.92 Å². The Labute approximate surface area is 84.1 Å². The fourth-order valence-corrected chi connectivity index (χ4v) is 1.42. The SMILES string of the molecule is Cc1nn(C)c(Cl)c1CNC(C)C. The molecule has 0 amide bonds. The van der Waals surface area contributed by atoms with Gasteiger partial charge in [-0.15, -0.1) is 0 Å². The summed E-state index contributed by atoms with van der Waals surface area (Å²) in [5.74, 6) is 0. The summed E-state index contributed by atoms with van der Waals surface area (Å²) in [6.07, 6.45) is 0. The lowest BCUT2D eigenvalue weighted by Gasteiger charge is -2.07. The molecular weight excluding hydrogens is 186 g/mol. The molecule has 0 spiro atoms. The van der Waals surface area contributed by atoms with E-state index in [2.05, 4.69) is 24.3 Å². The molecule has 1 aromatic heterocycles. The van der Waals surface area contributed by atoms with Crippen molar-refractivity contribution in [2.45, 2.75) is 33.4 Å². The van der Waals surface area contributed by atoms with E-state index < -0.39 is 0 Å². The van der Waals surface area contributed by atoms with E-state index >= 15 is 0 Å². The van der Waals surface area contributed by atoms with Gasteiger partial charge in [0.25, 0.3) is 0 Å². The van der Waals surface area contributed by atoms with Crippen molar-refractivity contribution < 1.29 is 0 Å². The molecule has 0 aromatic carbocycles. The van der Waals surface area contributed by atoms with Crippen LogP contribution in [0.4, 0.5) is 0 Å². The van der Waals surface area contributed by atoms with Gasteiger partial charge >= 0.3 is 0 Å². The molecule has 74 valence electrons. The number of nitrogens with one attached hydrogen (secondary N) is 1. The molecule has 0 saturated heterocycles. The van der Waals surface area contributed by atoms with Crippen molar-refractivity contribution in [3.63, 3.8) is 0 Å². The Morgan fingerprint density at radius 2 is 2.15 bits per heavy atom. The lowest BCUT2D eigenvalue weighted by molar-refractivity contribution is 0.587. The number of rotatable bonds is 3. The molecule has 0 aliphatic heterocycles. The number of aromatic nitrogens is 2. The first-order valence-corrected chi connectivity index (χ1v) is 4.81. The van der Waals surface area contributed by atoms with Crippen LogP contribution >= 0.6 is 11.6 Å². The number of nitrogens with zero attached hydrogens (tertiary/aromatic N) is 2. The second-order valence-electron chi connectivity index (χ2n) is 3.51. The molecule has 1 aromatic rings. The van der Waals surface area contributed by atoms with E-state index in [0.717, 1.165) is 23.0 Å². The number of hydrogen-bond donors (Lipinski definition) is 1. The highest BCUT2D eigenvalue weighted by Gasteiger charge is 2.10. The van der Waals surface area contributed by atoms with Crippen LogP contribution in [-0.4, -0.2) is 15.8 Å². The zero-order valence-corrected chi connectivity index (χ0v) is 9.31. The van der Waals surface area contributed by atoms with Crippen LogP contribution in [0.15, 0.2) is 0 Å². The summed E-state index contributed by atoms with van der Waals surface area (Å²) in [6, 6.07) is 0.468. The third-order valence-electron chi connectivity index (χ3n) is 1.96. The van der Waals surface area contributed by atoms with Gasteiger partial charge in [0.1, 0.15) is 5.15 Å². The van der Waals surface area contributed by atoms with Crippen LogP contribution in [0.3, 0.4) is 0 Å². The molecule has 0 aliphatic rings. The smallest absolute Gasteiger partial charge is 0.131 e. The van der Waals surface area contributed by atoms with Crippen molar-refractivity contribution in [1.29, 1.82) is 0 Å². The third-order valence-corrected chi connectivity index (χ3v) is 2.43. The van der Waals surface area contributed by atoms with Gasteiger partial charge < -0.3 is 5.32 Å². The Morgan fingerprint density at radius 3 is 2.54 bits per heavy atom. The molecule has 0 radical (unpaired) electrons. The van der Waals surface area contributed by atoms with Gasteiger partial charge in [-0.2, -0.15) is 5.10 Å². The van der Waals surface area contributed by atoms with Gasteiger partial charge in [-0.1, -0.05) is 25.4 Å². The second-order valence-corrected chi connectivity index (χ2v) is 3.87. The third kappa shape index (κ3) is 2.45. The Hall–Kier alpha value is -0.540. The molecule has 4 heteroatoms. The Bertz CT molecular complexity index is 291. The summed E-state index contributed by atoms with van der Waals surface area (Å²) in [4.78, 5) is 0. The summed E-state index contributed by atoms with van der Waals surface area (Å²) >= 11 is 6.06. The van der Waals surface area contributed by atoms with Crippen LogP contribution < -0.4 is 5.32 Å². The summed E-state index contributed by atoms with van der Waals surface area (Å²) in [6.45, 7) is 6.98. The lowest BCUT2D eigenvalue weighted by Crippen LogP contribution is -2.22. The van der Waals surface area contributed by atoms with Crippen LogP contribution in [0.25, 0.3) is 0 Å². The van der Waals surface area contributed by atoms with Gasteiger partial charge in [0.15, 0.2) is 0 Å². The van der Waals surface area contributed by atoms with Gasteiger partial charge in [-0.05, 0) is 6.92 Å². The zero-order valence-electron chi connectivity index (χ0n) is 8.56. The topological polar surface area (TPSA) is 29.9 Å². The van der Waals surface area contributed by atoms with E-state index in [1.54, 1.807) is 4.68 Å². The van der Waals surface area contributed by atoms with Crippen LogP contribution in [0.2, 0.25) is 5.15 Å². The molecule has 0 saturated carbocycles. The first-order chi connectivity index (χ1) is 6.02. The molecule has 0 bridgehead atoms. The highest BCUT2D eigenvalue weighted by atomic mass is 35.5. The lowest BCUT2D eigenvalue weighted by atomic mass is 10.2. The molecule has 1 heterocycles. The van der Waals surface area contributed by atoms with E-state index in [9.17, 15) is 0 Å². The normalized spacial score (nSPS) is 11.2. The minimum Gasteiger partial charge on any atom is -0.310 e. The molecule has 1 rings (SSSR count). The largest absolute Gasteiger partial charge is 0.310 e. The molecule has 0 unspecified atom stereocenters. The predicted octanol–water partition coefficient (Wildman–Crippen LogP) is 1.88. The maximum Gasteiger partial charge on any atom is 0.131 e. The molecule has 3 nitrogen and oxygen atoms in total. The van der Waals surface area contributed by atoms with E-state index in [4.69, 9.17) is 11.6 Å². The Kier molecular flexibility index (Phi) is 3.33. The van der Waals surface area contributed by atoms with Gasteiger partial charge in [0.2, 0.25) is 0 Å². The van der Waals surface area contributed by atoms with Gasteiger partial charge in [-0.3, -0.25) is 4.68 Å². The minimum absolute atomic E-state index is 0.468. The van der Waals surface area contributed by atoms with E-state index in [1.165, 1.54) is 0 Å². The van der Waals surface area contributed by atoms with Gasteiger partial charge in [-0.25, -0.2) is 0 Å². The number of aryl methyl sites for hydroxylation is 2. The minimum atomic E-state index is 0.468. The molecule has 0 fully saturated rings. The van der Waals surface area contributed by atoms with E-state index in [1.807, 2.05) is 14.0 Å². The van der Waals surface area contributed by atoms with Gasteiger partial charge in [0, 0.05) is 25.2 Å². The zero-order chi connectivity index (χ0) is 10.0. The highest BCUT2D eigenvalue weighted by molar-refractivity contribution is 6.30. The molecule has 0 aliphatic carbocycles. The Morgan fingerprint density at radius 1 is 1.54 bits per heavy atom. The predicted molar refractivity (Wildman–Crippen MR) is 54.9 cm³/mol. The van der Waals surface area contributed by atoms with Gasteiger partial charge in [0.05, 0.1) is 5.69 Å². The average Bonchev–Trinajstić information content (AvgIpc) is 2.24. The molecule has 1 N–H and O–H groups in total. The Balaban J connectivity index is 2.76. The summed E-state index contributed by atoms with van der Waals surface area (Å²) < 4.78 is 1.70. The monoisotopic (exact) mass is 201 g/mol. The average molecular weight is 202 g/mol. The molecule has 0 atom stereocenters. The van der Waals surface area contributed by atoms with Crippen molar-refractivity contribution in [2.75, 3.05) is 0 Å². The number of hydrogen-bond acceptors (Lipinski definition) is 2. The van der Waals surface area contributed by atoms with Crippen molar-refractivity contribution in [1.82, 2.24) is 15.1 Å². The first kappa shape index (κ1) is 10.5. The van der Waals surface area contributed by atoms with Crippen molar-refractivity contribution in [3.8, 4) is 0 Å².